The minimum atomic E-state index is -3.16. The predicted molar refractivity (Wildman–Crippen MR) is 96.2 cm³/mol. The molecule has 0 aliphatic rings. The van der Waals surface area contributed by atoms with E-state index in [0.717, 1.165) is 25.6 Å². The maximum atomic E-state index is 11.0. The molecule has 130 valence electrons. The van der Waals surface area contributed by atoms with E-state index in [-0.39, 0.29) is 6.04 Å². The molecule has 0 fully saturated rings. The highest BCUT2D eigenvalue weighted by Gasteiger charge is 2.06. The minimum absolute atomic E-state index is 0.274. The summed E-state index contributed by atoms with van der Waals surface area (Å²) >= 11 is 0. The van der Waals surface area contributed by atoms with E-state index in [0.29, 0.717) is 19.0 Å². The third-order valence-electron chi connectivity index (χ3n) is 3.18. The van der Waals surface area contributed by atoms with Crippen LogP contribution in [0.1, 0.15) is 25.8 Å². The van der Waals surface area contributed by atoms with Gasteiger partial charge in [-0.25, -0.2) is 13.1 Å². The summed E-state index contributed by atoms with van der Waals surface area (Å²) in [5.41, 5.74) is 1.32. The van der Waals surface area contributed by atoms with Gasteiger partial charge < -0.3 is 10.6 Å². The van der Waals surface area contributed by atoms with E-state index in [1.165, 1.54) is 5.56 Å². The SMILES string of the molecule is CCNC(=NCCNS(C)(=O)=O)NC(C)CCc1ccccc1. The zero-order valence-corrected chi connectivity index (χ0v) is 15.0. The van der Waals surface area contributed by atoms with Crippen LogP contribution < -0.4 is 15.4 Å². The van der Waals surface area contributed by atoms with Crippen molar-refractivity contribution in [2.24, 2.45) is 4.99 Å². The van der Waals surface area contributed by atoms with Gasteiger partial charge >= 0.3 is 0 Å². The summed E-state index contributed by atoms with van der Waals surface area (Å²) < 4.78 is 24.4. The van der Waals surface area contributed by atoms with Gasteiger partial charge in [-0.3, -0.25) is 4.99 Å². The highest BCUT2D eigenvalue weighted by atomic mass is 32.2. The molecule has 0 saturated heterocycles. The Labute approximate surface area is 139 Å². The summed E-state index contributed by atoms with van der Waals surface area (Å²) in [4.78, 5) is 4.38. The standard InChI is InChI=1S/C16H28N4O2S/c1-4-17-16(18-12-13-19-23(3,21)22)20-14(2)10-11-15-8-6-5-7-9-15/h5-9,14,19H,4,10-13H2,1-3H3,(H2,17,18,20). The number of rotatable bonds is 9. The number of aliphatic imine (C=N–C) groups is 1. The lowest BCUT2D eigenvalue weighted by Crippen LogP contribution is -2.42. The minimum Gasteiger partial charge on any atom is -0.357 e. The van der Waals surface area contributed by atoms with Crippen LogP contribution in [0.5, 0.6) is 0 Å². The van der Waals surface area contributed by atoms with E-state index < -0.39 is 10.0 Å². The molecule has 3 N–H and O–H groups in total. The molecule has 23 heavy (non-hydrogen) atoms. The van der Waals surface area contributed by atoms with Crippen LogP contribution in [0.3, 0.4) is 0 Å². The first-order valence-corrected chi connectivity index (χ1v) is 9.83. The number of hydrogen-bond donors (Lipinski definition) is 3. The van der Waals surface area contributed by atoms with Crippen LogP contribution in [-0.4, -0.2) is 46.3 Å². The van der Waals surface area contributed by atoms with Crippen molar-refractivity contribution in [2.75, 3.05) is 25.9 Å². The number of benzene rings is 1. The van der Waals surface area contributed by atoms with Crippen molar-refractivity contribution in [3.05, 3.63) is 35.9 Å². The lowest BCUT2D eigenvalue weighted by molar-refractivity contribution is 0.585. The molecule has 1 aromatic carbocycles. The van der Waals surface area contributed by atoms with Crippen LogP contribution in [0, 0.1) is 0 Å². The van der Waals surface area contributed by atoms with Crippen molar-refractivity contribution in [1.82, 2.24) is 15.4 Å². The largest absolute Gasteiger partial charge is 0.357 e. The van der Waals surface area contributed by atoms with Crippen molar-refractivity contribution in [2.45, 2.75) is 32.7 Å². The van der Waals surface area contributed by atoms with Crippen molar-refractivity contribution in [3.8, 4) is 0 Å². The molecular weight excluding hydrogens is 312 g/mol. The van der Waals surface area contributed by atoms with Gasteiger partial charge in [0.2, 0.25) is 10.0 Å². The van der Waals surface area contributed by atoms with Gasteiger partial charge in [0, 0.05) is 19.1 Å². The van der Waals surface area contributed by atoms with Gasteiger partial charge in [0.25, 0.3) is 0 Å². The molecule has 0 amide bonds. The first kappa shape index (κ1) is 19.4. The average molecular weight is 340 g/mol. The topological polar surface area (TPSA) is 82.6 Å². The molecule has 0 radical (unpaired) electrons. The second-order valence-electron chi connectivity index (χ2n) is 5.50. The molecule has 1 rings (SSSR count). The summed E-state index contributed by atoms with van der Waals surface area (Å²) in [6, 6.07) is 10.6. The number of sulfonamides is 1. The molecule has 0 bridgehead atoms. The summed E-state index contributed by atoms with van der Waals surface area (Å²) in [7, 11) is -3.16. The number of aryl methyl sites for hydroxylation is 1. The molecule has 1 unspecified atom stereocenters. The fraction of sp³-hybridized carbons (Fsp3) is 0.562. The summed E-state index contributed by atoms with van der Waals surface area (Å²) in [5.74, 6) is 0.711. The Bertz CT molecular complexity index is 573. The Kier molecular flexibility index (Phi) is 8.65. The highest BCUT2D eigenvalue weighted by Crippen LogP contribution is 2.04. The second kappa shape index (κ2) is 10.2. The normalized spacial score (nSPS) is 13.6. The van der Waals surface area contributed by atoms with E-state index in [9.17, 15) is 8.42 Å². The molecule has 1 aromatic rings. The number of nitrogens with one attached hydrogen (secondary N) is 3. The van der Waals surface area contributed by atoms with Crippen molar-refractivity contribution in [3.63, 3.8) is 0 Å². The molecular formula is C16H28N4O2S. The Morgan fingerprint density at radius 2 is 1.96 bits per heavy atom. The third kappa shape index (κ3) is 9.91. The van der Waals surface area contributed by atoms with Crippen LogP contribution in [0.2, 0.25) is 0 Å². The highest BCUT2D eigenvalue weighted by molar-refractivity contribution is 7.88. The predicted octanol–water partition coefficient (Wildman–Crippen LogP) is 1.11. The van der Waals surface area contributed by atoms with Crippen molar-refractivity contribution >= 4 is 16.0 Å². The molecule has 0 aliphatic heterocycles. The maximum Gasteiger partial charge on any atom is 0.208 e. The van der Waals surface area contributed by atoms with Crippen molar-refractivity contribution < 1.29 is 8.42 Å². The van der Waals surface area contributed by atoms with Gasteiger partial charge in [-0.15, -0.1) is 0 Å². The molecule has 0 aromatic heterocycles. The molecule has 7 heteroatoms. The molecule has 0 aliphatic carbocycles. The molecule has 0 heterocycles. The maximum absolute atomic E-state index is 11.0. The summed E-state index contributed by atoms with van der Waals surface area (Å²) in [5, 5.41) is 6.52. The Morgan fingerprint density at radius 3 is 2.57 bits per heavy atom. The first-order chi connectivity index (χ1) is 10.9. The fourth-order valence-electron chi connectivity index (χ4n) is 2.05. The van der Waals surface area contributed by atoms with Crippen LogP contribution in [-0.2, 0) is 16.4 Å². The second-order valence-corrected chi connectivity index (χ2v) is 7.33. The van der Waals surface area contributed by atoms with Gasteiger partial charge in [0.15, 0.2) is 5.96 Å². The van der Waals surface area contributed by atoms with E-state index in [4.69, 9.17) is 0 Å². The zero-order valence-electron chi connectivity index (χ0n) is 14.2. The van der Waals surface area contributed by atoms with E-state index in [1.807, 2.05) is 25.1 Å². The fourth-order valence-corrected chi connectivity index (χ4v) is 2.51. The van der Waals surface area contributed by atoms with Crippen LogP contribution in [0.25, 0.3) is 0 Å². The summed E-state index contributed by atoms with van der Waals surface area (Å²) in [6.07, 6.45) is 3.14. The van der Waals surface area contributed by atoms with E-state index in [2.05, 4.69) is 39.4 Å². The quantitative estimate of drug-likeness (QED) is 0.357. The Balaban J connectivity index is 2.40. The smallest absolute Gasteiger partial charge is 0.208 e. The lowest BCUT2D eigenvalue weighted by Gasteiger charge is -2.18. The van der Waals surface area contributed by atoms with Crippen molar-refractivity contribution in [1.29, 1.82) is 0 Å². The van der Waals surface area contributed by atoms with E-state index >= 15 is 0 Å². The van der Waals surface area contributed by atoms with Gasteiger partial charge in [-0.05, 0) is 32.3 Å². The summed E-state index contributed by atoms with van der Waals surface area (Å²) in [6.45, 7) is 5.57. The number of hydrogen-bond acceptors (Lipinski definition) is 3. The first-order valence-electron chi connectivity index (χ1n) is 7.94. The third-order valence-corrected chi connectivity index (χ3v) is 3.91. The molecule has 0 spiro atoms. The lowest BCUT2D eigenvalue weighted by atomic mass is 10.1. The van der Waals surface area contributed by atoms with Gasteiger partial charge in [0.1, 0.15) is 0 Å². The van der Waals surface area contributed by atoms with E-state index in [1.54, 1.807) is 0 Å². The monoisotopic (exact) mass is 340 g/mol. The van der Waals surface area contributed by atoms with Gasteiger partial charge in [0.05, 0.1) is 12.8 Å². The Morgan fingerprint density at radius 1 is 1.26 bits per heavy atom. The molecule has 1 atom stereocenters. The number of guanidine groups is 1. The molecule has 6 nitrogen and oxygen atoms in total. The van der Waals surface area contributed by atoms with Crippen LogP contribution >= 0.6 is 0 Å². The van der Waals surface area contributed by atoms with Crippen LogP contribution in [0.4, 0.5) is 0 Å². The number of nitrogens with zero attached hydrogens (tertiary/aromatic N) is 1. The average Bonchev–Trinajstić information content (AvgIpc) is 2.50. The van der Waals surface area contributed by atoms with Gasteiger partial charge in [-0.2, -0.15) is 0 Å². The zero-order chi connectivity index (χ0) is 17.1. The Hall–Kier alpha value is -1.60. The molecule has 0 saturated carbocycles. The van der Waals surface area contributed by atoms with Gasteiger partial charge in [-0.1, -0.05) is 30.3 Å². The van der Waals surface area contributed by atoms with Crippen LogP contribution in [0.15, 0.2) is 35.3 Å².